The second kappa shape index (κ2) is 5.79. The summed E-state index contributed by atoms with van der Waals surface area (Å²) in [6.07, 6.45) is 2.49. The van der Waals surface area contributed by atoms with Gasteiger partial charge >= 0.3 is 0 Å². The quantitative estimate of drug-likeness (QED) is 0.805. The van der Waals surface area contributed by atoms with Crippen molar-refractivity contribution in [2.24, 2.45) is 7.05 Å². The molecule has 3 rings (SSSR count). The second-order valence-corrected chi connectivity index (χ2v) is 5.58. The number of aryl methyl sites for hydroxylation is 4. The van der Waals surface area contributed by atoms with Crippen LogP contribution >= 0.6 is 0 Å². The van der Waals surface area contributed by atoms with Crippen LogP contribution < -0.4 is 10.9 Å². The normalized spacial score (nSPS) is 11.0. The number of rotatable bonds is 3. The SMILES string of the molecule is CCc1cc(Nc2cc(C)nc(C)n2)nc2ccn(C)c(=O)c12. The highest BCUT2D eigenvalue weighted by Crippen LogP contribution is 2.21. The Bertz CT molecular complexity index is 925. The molecule has 0 fully saturated rings. The molecule has 6 nitrogen and oxygen atoms in total. The molecule has 0 spiro atoms. The molecule has 3 aromatic heterocycles. The molecule has 1 N–H and O–H groups in total. The number of hydrogen-bond donors (Lipinski definition) is 1. The molecule has 0 radical (unpaired) electrons. The number of aromatic nitrogens is 4. The summed E-state index contributed by atoms with van der Waals surface area (Å²) in [5.41, 5.74) is 2.54. The molecule has 0 saturated carbocycles. The Morgan fingerprint density at radius 3 is 2.57 bits per heavy atom. The van der Waals surface area contributed by atoms with Crippen molar-refractivity contribution in [3.8, 4) is 0 Å². The summed E-state index contributed by atoms with van der Waals surface area (Å²) in [7, 11) is 1.75. The van der Waals surface area contributed by atoms with Gasteiger partial charge in [-0.15, -0.1) is 0 Å². The zero-order chi connectivity index (χ0) is 16.6. The minimum atomic E-state index is -0.0212. The Morgan fingerprint density at radius 2 is 1.87 bits per heavy atom. The maximum absolute atomic E-state index is 12.3. The van der Waals surface area contributed by atoms with Gasteiger partial charge in [0.2, 0.25) is 0 Å². The average Bonchev–Trinajstić information content (AvgIpc) is 2.49. The number of anilines is 2. The van der Waals surface area contributed by atoms with Crippen LogP contribution in [0.3, 0.4) is 0 Å². The smallest absolute Gasteiger partial charge is 0.260 e. The van der Waals surface area contributed by atoms with Crippen LogP contribution in [0.15, 0.2) is 29.2 Å². The van der Waals surface area contributed by atoms with Crippen LogP contribution in [0.25, 0.3) is 10.9 Å². The Labute approximate surface area is 134 Å². The third kappa shape index (κ3) is 2.92. The first-order valence-electron chi connectivity index (χ1n) is 7.56. The third-order valence-electron chi connectivity index (χ3n) is 3.72. The van der Waals surface area contributed by atoms with Crippen molar-refractivity contribution in [3.63, 3.8) is 0 Å². The van der Waals surface area contributed by atoms with E-state index < -0.39 is 0 Å². The number of nitrogens with zero attached hydrogens (tertiary/aromatic N) is 4. The van der Waals surface area contributed by atoms with Gasteiger partial charge in [-0.05, 0) is 38.0 Å². The topological polar surface area (TPSA) is 72.7 Å². The lowest BCUT2D eigenvalue weighted by molar-refractivity contribution is 0.869. The second-order valence-electron chi connectivity index (χ2n) is 5.58. The van der Waals surface area contributed by atoms with E-state index >= 15 is 0 Å². The molecule has 0 aromatic carbocycles. The zero-order valence-electron chi connectivity index (χ0n) is 13.7. The third-order valence-corrected chi connectivity index (χ3v) is 3.72. The van der Waals surface area contributed by atoms with Gasteiger partial charge in [-0.2, -0.15) is 0 Å². The number of hydrogen-bond acceptors (Lipinski definition) is 5. The van der Waals surface area contributed by atoms with Gasteiger partial charge in [0.25, 0.3) is 5.56 Å². The molecular formula is C17H19N5O. The van der Waals surface area contributed by atoms with Gasteiger partial charge in [0, 0.05) is 25.0 Å². The summed E-state index contributed by atoms with van der Waals surface area (Å²) >= 11 is 0. The monoisotopic (exact) mass is 309 g/mol. The Morgan fingerprint density at radius 1 is 1.13 bits per heavy atom. The van der Waals surface area contributed by atoms with Gasteiger partial charge < -0.3 is 9.88 Å². The Balaban J connectivity index is 2.12. The van der Waals surface area contributed by atoms with E-state index in [-0.39, 0.29) is 5.56 Å². The van der Waals surface area contributed by atoms with Crippen molar-refractivity contribution in [1.29, 1.82) is 0 Å². The van der Waals surface area contributed by atoms with Gasteiger partial charge in [-0.1, -0.05) is 6.92 Å². The largest absolute Gasteiger partial charge is 0.325 e. The molecule has 0 bridgehead atoms. The molecule has 0 saturated heterocycles. The van der Waals surface area contributed by atoms with Crippen LogP contribution in [0.5, 0.6) is 0 Å². The average molecular weight is 309 g/mol. The minimum absolute atomic E-state index is 0.0212. The first-order chi connectivity index (χ1) is 11.0. The fraction of sp³-hybridized carbons (Fsp3) is 0.294. The van der Waals surface area contributed by atoms with E-state index in [9.17, 15) is 4.79 Å². The minimum Gasteiger partial charge on any atom is -0.325 e. The Hall–Kier alpha value is -2.76. The standard InChI is InChI=1S/C17H19N5O/c1-5-12-9-15(21-14-8-10(2)18-11(3)19-14)20-13-6-7-22(4)17(23)16(12)13/h6-9H,5H2,1-4H3,(H,18,19,20,21). The summed E-state index contributed by atoms with van der Waals surface area (Å²) < 4.78 is 1.58. The molecule has 23 heavy (non-hydrogen) atoms. The van der Waals surface area contributed by atoms with Gasteiger partial charge in [-0.3, -0.25) is 4.79 Å². The van der Waals surface area contributed by atoms with Gasteiger partial charge in [0.15, 0.2) is 0 Å². The van der Waals surface area contributed by atoms with Crippen LogP contribution in [0.2, 0.25) is 0 Å². The first kappa shape index (κ1) is 15.1. The van der Waals surface area contributed by atoms with Crippen LogP contribution in [0, 0.1) is 13.8 Å². The highest BCUT2D eigenvalue weighted by Gasteiger charge is 2.10. The molecule has 0 aliphatic rings. The van der Waals surface area contributed by atoms with E-state index in [0.29, 0.717) is 28.4 Å². The van der Waals surface area contributed by atoms with Gasteiger partial charge in [0.1, 0.15) is 17.5 Å². The summed E-state index contributed by atoms with van der Waals surface area (Å²) in [5.74, 6) is 2.09. The van der Waals surface area contributed by atoms with Crippen LogP contribution in [-0.2, 0) is 13.5 Å². The molecule has 3 heterocycles. The molecule has 6 heteroatoms. The number of fused-ring (bicyclic) bond motifs is 1. The summed E-state index contributed by atoms with van der Waals surface area (Å²) in [4.78, 5) is 25.5. The molecule has 0 unspecified atom stereocenters. The zero-order valence-corrected chi connectivity index (χ0v) is 13.7. The maximum atomic E-state index is 12.3. The van der Waals surface area contributed by atoms with E-state index in [4.69, 9.17) is 0 Å². The van der Waals surface area contributed by atoms with E-state index in [1.54, 1.807) is 17.8 Å². The van der Waals surface area contributed by atoms with Crippen molar-refractivity contribution >= 4 is 22.5 Å². The summed E-state index contributed by atoms with van der Waals surface area (Å²) in [5, 5.41) is 3.89. The summed E-state index contributed by atoms with van der Waals surface area (Å²) in [6.45, 7) is 5.81. The first-order valence-corrected chi connectivity index (χ1v) is 7.56. The molecule has 0 aliphatic heterocycles. The fourth-order valence-corrected chi connectivity index (χ4v) is 2.67. The highest BCUT2D eigenvalue weighted by molar-refractivity contribution is 5.83. The molecule has 0 aliphatic carbocycles. The molecule has 0 atom stereocenters. The summed E-state index contributed by atoms with van der Waals surface area (Å²) in [6, 6.07) is 5.64. The lowest BCUT2D eigenvalue weighted by Gasteiger charge is -2.11. The molecular weight excluding hydrogens is 290 g/mol. The van der Waals surface area contributed by atoms with Crippen molar-refractivity contribution in [2.45, 2.75) is 27.2 Å². The predicted molar refractivity (Wildman–Crippen MR) is 91.2 cm³/mol. The lowest BCUT2D eigenvalue weighted by atomic mass is 10.1. The van der Waals surface area contributed by atoms with E-state index in [2.05, 4.69) is 20.3 Å². The van der Waals surface area contributed by atoms with E-state index in [1.807, 2.05) is 39.0 Å². The molecule has 118 valence electrons. The highest BCUT2D eigenvalue weighted by atomic mass is 16.1. The van der Waals surface area contributed by atoms with Crippen molar-refractivity contribution in [2.75, 3.05) is 5.32 Å². The van der Waals surface area contributed by atoms with Crippen molar-refractivity contribution in [3.05, 3.63) is 51.8 Å². The Kier molecular flexibility index (Phi) is 3.82. The van der Waals surface area contributed by atoms with E-state index in [1.165, 1.54) is 0 Å². The van der Waals surface area contributed by atoms with Gasteiger partial charge in [0.05, 0.1) is 10.9 Å². The van der Waals surface area contributed by atoms with Gasteiger partial charge in [-0.25, -0.2) is 15.0 Å². The lowest BCUT2D eigenvalue weighted by Crippen LogP contribution is -2.17. The maximum Gasteiger partial charge on any atom is 0.260 e. The van der Waals surface area contributed by atoms with Crippen molar-refractivity contribution < 1.29 is 0 Å². The number of pyridine rings is 2. The van der Waals surface area contributed by atoms with Crippen LogP contribution in [0.1, 0.15) is 24.0 Å². The van der Waals surface area contributed by atoms with Crippen molar-refractivity contribution in [1.82, 2.24) is 19.5 Å². The van der Waals surface area contributed by atoms with E-state index in [0.717, 1.165) is 17.7 Å². The van der Waals surface area contributed by atoms with Crippen LogP contribution in [-0.4, -0.2) is 19.5 Å². The number of nitrogens with one attached hydrogen (secondary N) is 1. The van der Waals surface area contributed by atoms with Crippen LogP contribution in [0.4, 0.5) is 11.6 Å². The molecule has 3 aromatic rings. The fourth-order valence-electron chi connectivity index (χ4n) is 2.67. The predicted octanol–water partition coefficient (Wildman–Crippen LogP) is 2.65. The molecule has 0 amide bonds.